The lowest BCUT2D eigenvalue weighted by atomic mass is 9.98. The number of amides is 2. The minimum atomic E-state index is -1.06. The van der Waals surface area contributed by atoms with Gasteiger partial charge < -0.3 is 20.1 Å². The Morgan fingerprint density at radius 3 is 2.25 bits per heavy atom. The van der Waals surface area contributed by atoms with Crippen molar-refractivity contribution in [3.63, 3.8) is 0 Å². The summed E-state index contributed by atoms with van der Waals surface area (Å²) in [6.07, 6.45) is 1.30. The van der Waals surface area contributed by atoms with Gasteiger partial charge in [0.15, 0.2) is 0 Å². The molecule has 2 aromatic rings. The van der Waals surface area contributed by atoms with E-state index < -0.39 is 18.1 Å². The van der Waals surface area contributed by atoms with E-state index in [-0.39, 0.29) is 31.4 Å². The van der Waals surface area contributed by atoms with Gasteiger partial charge in [-0.2, -0.15) is 11.8 Å². The fourth-order valence-electron chi connectivity index (χ4n) is 3.94. The fraction of sp³-hybridized carbons (Fsp3) is 0.375. The fourth-order valence-corrected chi connectivity index (χ4v) is 4.34. The van der Waals surface area contributed by atoms with Gasteiger partial charge in [-0.15, -0.1) is 0 Å². The Morgan fingerprint density at radius 1 is 1.09 bits per heavy atom. The number of nitrogens with zero attached hydrogens (tertiary/aromatic N) is 1. The normalized spacial score (nSPS) is 13.1. The van der Waals surface area contributed by atoms with E-state index in [0.29, 0.717) is 12.3 Å². The van der Waals surface area contributed by atoms with Gasteiger partial charge in [-0.1, -0.05) is 48.5 Å². The number of carboxylic acid groups (broad SMARTS) is 1. The zero-order chi connectivity index (χ0) is 23.1. The first-order valence-electron chi connectivity index (χ1n) is 10.5. The molecule has 8 heteroatoms. The van der Waals surface area contributed by atoms with Gasteiger partial charge in [0.05, 0.1) is 0 Å². The molecule has 2 aromatic carbocycles. The second-order valence-electron chi connectivity index (χ2n) is 7.78. The molecule has 1 aliphatic rings. The summed E-state index contributed by atoms with van der Waals surface area (Å²) in [6, 6.07) is 15.7. The molecule has 3 rings (SSSR count). The van der Waals surface area contributed by atoms with E-state index >= 15 is 0 Å². The number of carbonyl (C=O) groups is 3. The maximum absolute atomic E-state index is 12.5. The number of hydrogen-bond acceptors (Lipinski definition) is 5. The molecule has 170 valence electrons. The average Bonchev–Trinajstić information content (AvgIpc) is 3.08. The monoisotopic (exact) mass is 456 g/mol. The number of carboxylic acids is 1. The minimum absolute atomic E-state index is 0.00581. The summed E-state index contributed by atoms with van der Waals surface area (Å²) >= 11 is 1.54. The Balaban J connectivity index is 1.55. The number of alkyl carbamates (subject to hydrolysis) is 1. The van der Waals surface area contributed by atoms with E-state index in [2.05, 4.69) is 17.4 Å². The van der Waals surface area contributed by atoms with Crippen molar-refractivity contribution in [3.8, 4) is 11.1 Å². The SMILES string of the molecule is CSCCN(CC(=O)O)C(=O)C[C@@H](C)NC(=O)OCC1c2ccccc2-c2ccccc21. The van der Waals surface area contributed by atoms with Crippen LogP contribution in [0.4, 0.5) is 4.79 Å². The summed E-state index contributed by atoms with van der Waals surface area (Å²) in [7, 11) is 0. The molecule has 1 atom stereocenters. The van der Waals surface area contributed by atoms with E-state index in [9.17, 15) is 14.4 Å². The van der Waals surface area contributed by atoms with Crippen LogP contribution in [0.5, 0.6) is 0 Å². The molecule has 0 saturated carbocycles. The molecule has 2 amide bonds. The predicted octanol–water partition coefficient (Wildman–Crippen LogP) is 3.58. The molecule has 0 aliphatic heterocycles. The molecule has 0 heterocycles. The smallest absolute Gasteiger partial charge is 0.407 e. The number of hydrogen-bond donors (Lipinski definition) is 2. The first-order valence-corrected chi connectivity index (χ1v) is 11.9. The standard InChI is InChI=1S/C24H28N2O5S/c1-16(13-22(27)26(11-12-32-2)14-23(28)29)25-24(30)31-15-21-19-9-5-3-7-17(19)18-8-4-6-10-20(18)21/h3-10,16,21H,11-15H2,1-2H3,(H,25,30)(H,28,29)/t16-/m1/s1. The average molecular weight is 457 g/mol. The summed E-state index contributed by atoms with van der Waals surface area (Å²) in [6.45, 7) is 1.90. The molecule has 0 spiro atoms. The van der Waals surface area contributed by atoms with Crippen LogP contribution in [0.2, 0.25) is 0 Å². The highest BCUT2D eigenvalue weighted by Gasteiger charge is 2.29. The van der Waals surface area contributed by atoms with Crippen LogP contribution < -0.4 is 5.32 Å². The van der Waals surface area contributed by atoms with Crippen LogP contribution in [0, 0.1) is 0 Å². The van der Waals surface area contributed by atoms with E-state index in [0.717, 1.165) is 22.3 Å². The van der Waals surface area contributed by atoms with Crippen LogP contribution in [0.1, 0.15) is 30.4 Å². The van der Waals surface area contributed by atoms with Gasteiger partial charge in [0, 0.05) is 30.7 Å². The van der Waals surface area contributed by atoms with E-state index in [1.807, 2.05) is 42.7 Å². The zero-order valence-corrected chi connectivity index (χ0v) is 19.1. The third-order valence-corrected chi connectivity index (χ3v) is 6.02. The lowest BCUT2D eigenvalue weighted by molar-refractivity contribution is -0.144. The summed E-state index contributed by atoms with van der Waals surface area (Å²) in [5.41, 5.74) is 4.56. The summed E-state index contributed by atoms with van der Waals surface area (Å²) in [5, 5.41) is 11.7. The van der Waals surface area contributed by atoms with Crippen LogP contribution in [-0.2, 0) is 14.3 Å². The van der Waals surface area contributed by atoms with Crippen molar-refractivity contribution in [2.45, 2.75) is 25.3 Å². The maximum atomic E-state index is 12.5. The molecular formula is C24H28N2O5S. The van der Waals surface area contributed by atoms with Crippen molar-refractivity contribution in [2.75, 3.05) is 31.7 Å². The molecule has 0 bridgehead atoms. The Kier molecular flexibility index (Phi) is 8.16. The van der Waals surface area contributed by atoms with E-state index in [1.54, 1.807) is 6.92 Å². The van der Waals surface area contributed by atoms with Crippen LogP contribution in [0.15, 0.2) is 48.5 Å². The van der Waals surface area contributed by atoms with Crippen molar-refractivity contribution in [1.82, 2.24) is 10.2 Å². The van der Waals surface area contributed by atoms with Crippen molar-refractivity contribution < 1.29 is 24.2 Å². The molecule has 32 heavy (non-hydrogen) atoms. The lowest BCUT2D eigenvalue weighted by Gasteiger charge is -2.23. The largest absolute Gasteiger partial charge is 0.480 e. The molecule has 0 aromatic heterocycles. The topological polar surface area (TPSA) is 95.9 Å². The molecule has 2 N–H and O–H groups in total. The van der Waals surface area contributed by atoms with E-state index in [1.165, 1.54) is 16.7 Å². The number of rotatable bonds is 10. The summed E-state index contributed by atoms with van der Waals surface area (Å²) in [5.74, 6) is -0.764. The number of thioether (sulfide) groups is 1. The van der Waals surface area contributed by atoms with Gasteiger partial charge in [-0.05, 0) is 35.4 Å². The molecule has 1 aliphatic carbocycles. The van der Waals surface area contributed by atoms with Crippen LogP contribution in [0.3, 0.4) is 0 Å². The third kappa shape index (κ3) is 5.82. The van der Waals surface area contributed by atoms with Gasteiger partial charge in [-0.3, -0.25) is 9.59 Å². The second kappa shape index (κ2) is 11.0. The number of nitrogens with one attached hydrogen (secondary N) is 1. The number of fused-ring (bicyclic) bond motifs is 3. The molecular weight excluding hydrogens is 428 g/mol. The highest BCUT2D eigenvalue weighted by molar-refractivity contribution is 7.98. The minimum Gasteiger partial charge on any atom is -0.480 e. The Labute approximate surface area is 192 Å². The lowest BCUT2D eigenvalue weighted by Crippen LogP contribution is -2.42. The van der Waals surface area contributed by atoms with Crippen molar-refractivity contribution in [3.05, 3.63) is 59.7 Å². The molecule has 0 radical (unpaired) electrons. The predicted molar refractivity (Wildman–Crippen MR) is 125 cm³/mol. The maximum Gasteiger partial charge on any atom is 0.407 e. The number of aliphatic carboxylic acids is 1. The van der Waals surface area contributed by atoms with Crippen molar-refractivity contribution >= 4 is 29.7 Å². The van der Waals surface area contributed by atoms with Crippen LogP contribution >= 0.6 is 11.8 Å². The first kappa shape index (κ1) is 23.7. The summed E-state index contributed by atoms with van der Waals surface area (Å²) in [4.78, 5) is 37.2. The van der Waals surface area contributed by atoms with Gasteiger partial charge in [0.25, 0.3) is 0 Å². The van der Waals surface area contributed by atoms with E-state index in [4.69, 9.17) is 9.84 Å². The Morgan fingerprint density at radius 2 is 1.69 bits per heavy atom. The second-order valence-corrected chi connectivity index (χ2v) is 8.76. The molecule has 0 unspecified atom stereocenters. The number of benzene rings is 2. The van der Waals surface area contributed by atoms with Gasteiger partial charge in [-0.25, -0.2) is 4.79 Å². The molecule has 7 nitrogen and oxygen atoms in total. The Hall–Kier alpha value is -3.00. The number of carbonyl (C=O) groups excluding carboxylic acids is 2. The van der Waals surface area contributed by atoms with Gasteiger partial charge >= 0.3 is 12.1 Å². The first-order chi connectivity index (χ1) is 15.4. The summed E-state index contributed by atoms with van der Waals surface area (Å²) < 4.78 is 5.51. The van der Waals surface area contributed by atoms with Gasteiger partial charge in [0.2, 0.25) is 5.91 Å². The van der Waals surface area contributed by atoms with Crippen LogP contribution in [-0.4, -0.2) is 65.7 Å². The number of ether oxygens (including phenoxy) is 1. The molecule has 0 fully saturated rings. The highest BCUT2D eigenvalue weighted by atomic mass is 32.2. The van der Waals surface area contributed by atoms with Crippen molar-refractivity contribution in [2.24, 2.45) is 0 Å². The quantitative estimate of drug-likeness (QED) is 0.567. The molecule has 0 saturated heterocycles. The van der Waals surface area contributed by atoms with Crippen LogP contribution in [0.25, 0.3) is 11.1 Å². The Bertz CT molecular complexity index is 935. The van der Waals surface area contributed by atoms with Crippen molar-refractivity contribution in [1.29, 1.82) is 0 Å². The third-order valence-electron chi connectivity index (χ3n) is 5.43. The highest BCUT2D eigenvalue weighted by Crippen LogP contribution is 2.44. The van der Waals surface area contributed by atoms with Gasteiger partial charge in [0.1, 0.15) is 13.2 Å². The zero-order valence-electron chi connectivity index (χ0n) is 18.2.